The highest BCUT2D eigenvalue weighted by atomic mass is 32.2. The van der Waals surface area contributed by atoms with Crippen molar-refractivity contribution >= 4 is 15.7 Å². The molecule has 7 heteroatoms. The fourth-order valence-electron chi connectivity index (χ4n) is 2.36. The van der Waals surface area contributed by atoms with Gasteiger partial charge in [0.25, 0.3) is 5.69 Å². The topological polar surface area (TPSA) is 80.5 Å². The number of hydrogen-bond acceptors (Lipinski definition) is 4. The summed E-state index contributed by atoms with van der Waals surface area (Å²) in [6.07, 6.45) is 0. The van der Waals surface area contributed by atoms with Gasteiger partial charge < -0.3 is 0 Å². The van der Waals surface area contributed by atoms with Gasteiger partial charge in [-0.15, -0.1) is 0 Å². The molecule has 0 amide bonds. The lowest BCUT2D eigenvalue weighted by Gasteiger charge is -2.19. The van der Waals surface area contributed by atoms with Crippen LogP contribution in [0.3, 0.4) is 0 Å². The average Bonchev–Trinajstić information content (AvgIpc) is 2.49. The lowest BCUT2D eigenvalue weighted by atomic mass is 10.1. The lowest BCUT2D eigenvalue weighted by Crippen LogP contribution is -2.27. The van der Waals surface area contributed by atoms with Crippen LogP contribution in [0, 0.1) is 24.0 Å². The molecule has 2 aromatic carbocycles. The van der Waals surface area contributed by atoms with E-state index in [9.17, 15) is 18.5 Å². The van der Waals surface area contributed by atoms with Crippen molar-refractivity contribution in [3.8, 4) is 0 Å². The molecule has 0 unspecified atom stereocenters. The molecule has 0 atom stereocenters. The van der Waals surface area contributed by atoms with Gasteiger partial charge in [0, 0.05) is 25.2 Å². The van der Waals surface area contributed by atoms with E-state index in [0.29, 0.717) is 0 Å². The molecular weight excluding hydrogens is 316 g/mol. The number of rotatable bonds is 5. The molecule has 23 heavy (non-hydrogen) atoms. The van der Waals surface area contributed by atoms with E-state index in [-0.39, 0.29) is 22.7 Å². The minimum Gasteiger partial charge on any atom is -0.258 e. The first-order valence-electron chi connectivity index (χ1n) is 7.00. The van der Waals surface area contributed by atoms with Gasteiger partial charge in [0.2, 0.25) is 10.0 Å². The Balaban J connectivity index is 2.41. The van der Waals surface area contributed by atoms with Crippen molar-refractivity contribution in [1.82, 2.24) is 4.31 Å². The van der Waals surface area contributed by atoms with Gasteiger partial charge in [-0.05, 0) is 31.0 Å². The van der Waals surface area contributed by atoms with Gasteiger partial charge in [0.05, 0.1) is 9.82 Å². The first-order valence-corrected chi connectivity index (χ1v) is 8.44. The zero-order valence-corrected chi connectivity index (χ0v) is 14.0. The molecule has 0 fully saturated rings. The molecule has 0 N–H and O–H groups in total. The third-order valence-electron chi connectivity index (χ3n) is 3.79. The van der Waals surface area contributed by atoms with Crippen LogP contribution in [-0.4, -0.2) is 24.7 Å². The van der Waals surface area contributed by atoms with Gasteiger partial charge in [0.15, 0.2) is 0 Å². The molecule has 0 aliphatic rings. The maximum absolute atomic E-state index is 12.7. The number of benzene rings is 2. The minimum atomic E-state index is -3.81. The van der Waals surface area contributed by atoms with Crippen molar-refractivity contribution in [3.05, 3.63) is 69.3 Å². The predicted molar refractivity (Wildman–Crippen MR) is 87.7 cm³/mol. The van der Waals surface area contributed by atoms with Crippen molar-refractivity contribution < 1.29 is 13.3 Å². The molecule has 2 rings (SSSR count). The molecule has 0 saturated carbocycles. The van der Waals surface area contributed by atoms with E-state index >= 15 is 0 Å². The minimum absolute atomic E-state index is 0.0391. The average molecular weight is 334 g/mol. The standard InChI is InChI=1S/C16H18N2O4S/c1-12-7-4-5-8-14(12)11-17(3)23(21,22)16-10-6-9-15(13(16)2)18(19)20/h4-10H,11H2,1-3H3. The summed E-state index contributed by atoms with van der Waals surface area (Å²) in [5.41, 5.74) is 1.83. The van der Waals surface area contributed by atoms with Gasteiger partial charge in [-0.25, -0.2) is 8.42 Å². The van der Waals surface area contributed by atoms with Crippen LogP contribution < -0.4 is 0 Å². The second-order valence-electron chi connectivity index (χ2n) is 5.34. The predicted octanol–water partition coefficient (Wildman–Crippen LogP) is 3.03. The second kappa shape index (κ2) is 6.47. The van der Waals surface area contributed by atoms with Crippen LogP contribution in [0.25, 0.3) is 0 Å². The molecule has 6 nitrogen and oxygen atoms in total. The van der Waals surface area contributed by atoms with Crippen LogP contribution in [0.1, 0.15) is 16.7 Å². The van der Waals surface area contributed by atoms with E-state index in [4.69, 9.17) is 0 Å². The zero-order valence-electron chi connectivity index (χ0n) is 13.2. The highest BCUT2D eigenvalue weighted by molar-refractivity contribution is 7.89. The third-order valence-corrected chi connectivity index (χ3v) is 5.74. The van der Waals surface area contributed by atoms with Gasteiger partial charge in [-0.1, -0.05) is 30.3 Å². The van der Waals surface area contributed by atoms with Crippen molar-refractivity contribution in [2.24, 2.45) is 0 Å². The van der Waals surface area contributed by atoms with Gasteiger partial charge in [-0.2, -0.15) is 4.31 Å². The first kappa shape index (κ1) is 17.1. The third kappa shape index (κ3) is 3.40. The van der Waals surface area contributed by atoms with E-state index in [0.717, 1.165) is 11.1 Å². The van der Waals surface area contributed by atoms with Crippen molar-refractivity contribution in [2.45, 2.75) is 25.3 Å². The quantitative estimate of drug-likeness (QED) is 0.622. The lowest BCUT2D eigenvalue weighted by molar-refractivity contribution is -0.385. The van der Waals surface area contributed by atoms with Crippen LogP contribution in [0.15, 0.2) is 47.4 Å². The number of aryl methyl sites for hydroxylation is 1. The fourth-order valence-corrected chi connectivity index (χ4v) is 3.75. The second-order valence-corrected chi connectivity index (χ2v) is 7.36. The number of sulfonamides is 1. The van der Waals surface area contributed by atoms with E-state index in [1.54, 1.807) is 0 Å². The van der Waals surface area contributed by atoms with Gasteiger partial charge in [-0.3, -0.25) is 10.1 Å². The Labute approximate surface area is 135 Å². The largest absolute Gasteiger partial charge is 0.273 e. The Kier molecular flexibility index (Phi) is 4.82. The van der Waals surface area contributed by atoms with Crippen LogP contribution in [0.5, 0.6) is 0 Å². The Morgan fingerprint density at radius 2 is 1.74 bits per heavy atom. The van der Waals surface area contributed by atoms with Crippen LogP contribution in [0.4, 0.5) is 5.69 Å². The van der Waals surface area contributed by atoms with E-state index in [2.05, 4.69) is 0 Å². The number of nitro groups is 1. The molecule has 0 heterocycles. The molecule has 2 aromatic rings. The van der Waals surface area contributed by atoms with E-state index in [1.807, 2.05) is 31.2 Å². The molecule has 0 radical (unpaired) electrons. The summed E-state index contributed by atoms with van der Waals surface area (Å²) in [5.74, 6) is 0. The van der Waals surface area contributed by atoms with Crippen molar-refractivity contribution in [3.63, 3.8) is 0 Å². The Morgan fingerprint density at radius 3 is 2.35 bits per heavy atom. The molecular formula is C16H18N2O4S. The summed E-state index contributed by atoms with van der Waals surface area (Å²) < 4.78 is 26.7. The fraction of sp³-hybridized carbons (Fsp3) is 0.250. The van der Waals surface area contributed by atoms with E-state index < -0.39 is 14.9 Å². The molecule has 0 aromatic heterocycles. The Hall–Kier alpha value is -2.25. The monoisotopic (exact) mass is 334 g/mol. The van der Waals surface area contributed by atoms with E-state index in [1.165, 1.54) is 36.5 Å². The highest BCUT2D eigenvalue weighted by Crippen LogP contribution is 2.27. The smallest absolute Gasteiger partial charge is 0.258 e. The van der Waals surface area contributed by atoms with Crippen LogP contribution in [-0.2, 0) is 16.6 Å². The summed E-state index contributed by atoms with van der Waals surface area (Å²) in [6.45, 7) is 3.57. The molecule has 0 saturated heterocycles. The Bertz CT molecular complexity index is 847. The molecule has 0 spiro atoms. The van der Waals surface area contributed by atoms with Gasteiger partial charge >= 0.3 is 0 Å². The zero-order chi connectivity index (χ0) is 17.2. The number of hydrogen-bond donors (Lipinski definition) is 0. The van der Waals surface area contributed by atoms with Crippen LogP contribution in [0.2, 0.25) is 0 Å². The normalized spacial score (nSPS) is 11.7. The molecule has 122 valence electrons. The maximum Gasteiger partial charge on any atom is 0.273 e. The maximum atomic E-state index is 12.7. The number of nitrogens with zero attached hydrogens (tertiary/aromatic N) is 2. The summed E-state index contributed by atoms with van der Waals surface area (Å²) >= 11 is 0. The first-order chi connectivity index (χ1) is 10.7. The molecule has 0 aliphatic carbocycles. The summed E-state index contributed by atoms with van der Waals surface area (Å²) in [6, 6.07) is 11.6. The van der Waals surface area contributed by atoms with Crippen molar-refractivity contribution in [2.75, 3.05) is 7.05 Å². The highest BCUT2D eigenvalue weighted by Gasteiger charge is 2.26. The number of nitro benzene ring substituents is 1. The van der Waals surface area contributed by atoms with Crippen LogP contribution >= 0.6 is 0 Å². The van der Waals surface area contributed by atoms with Crippen molar-refractivity contribution in [1.29, 1.82) is 0 Å². The summed E-state index contributed by atoms with van der Waals surface area (Å²) in [7, 11) is -2.34. The summed E-state index contributed by atoms with van der Waals surface area (Å²) in [4.78, 5) is 10.4. The summed E-state index contributed by atoms with van der Waals surface area (Å²) in [5, 5.41) is 11.0. The molecule has 0 aliphatic heterocycles. The Morgan fingerprint density at radius 1 is 1.09 bits per heavy atom. The SMILES string of the molecule is Cc1ccccc1CN(C)S(=O)(=O)c1cccc([N+](=O)[O-])c1C. The molecule has 0 bridgehead atoms. The van der Waals surface area contributed by atoms with Gasteiger partial charge in [0.1, 0.15) is 0 Å².